The van der Waals surface area contributed by atoms with Gasteiger partial charge in [-0.05, 0) is 64.0 Å². The van der Waals surface area contributed by atoms with Crippen molar-refractivity contribution in [3.63, 3.8) is 0 Å². The lowest BCUT2D eigenvalue weighted by molar-refractivity contribution is -0.220. The number of carbonyl (C=O) groups is 1. The van der Waals surface area contributed by atoms with E-state index in [1.54, 1.807) is 6.20 Å². The Morgan fingerprint density at radius 1 is 1.27 bits per heavy atom. The van der Waals surface area contributed by atoms with Gasteiger partial charge in [0.15, 0.2) is 0 Å². The van der Waals surface area contributed by atoms with Crippen molar-refractivity contribution in [3.05, 3.63) is 16.1 Å². The van der Waals surface area contributed by atoms with Crippen molar-refractivity contribution >= 4 is 17.2 Å². The molecule has 2 heterocycles. The highest BCUT2D eigenvalue weighted by atomic mass is 32.1. The Labute approximate surface area is 155 Å². The van der Waals surface area contributed by atoms with Crippen LogP contribution in [0, 0.1) is 11.3 Å². The zero-order valence-electron chi connectivity index (χ0n) is 14.6. The van der Waals surface area contributed by atoms with Crippen LogP contribution in [0.2, 0.25) is 0 Å². The molecule has 0 aromatic carbocycles. The van der Waals surface area contributed by atoms with E-state index in [2.05, 4.69) is 15.6 Å². The lowest BCUT2D eigenvalue weighted by Gasteiger charge is -2.29. The molecule has 0 radical (unpaired) electrons. The van der Waals surface area contributed by atoms with Crippen LogP contribution in [0.5, 0.6) is 0 Å². The third-order valence-electron chi connectivity index (χ3n) is 6.52. The van der Waals surface area contributed by atoms with Crippen LogP contribution in [0.3, 0.4) is 0 Å². The van der Waals surface area contributed by atoms with Gasteiger partial charge in [-0.3, -0.25) is 4.79 Å². The second-order valence-corrected chi connectivity index (χ2v) is 9.32. The minimum absolute atomic E-state index is 0.0238. The summed E-state index contributed by atoms with van der Waals surface area (Å²) in [7, 11) is 0. The lowest BCUT2D eigenvalue weighted by atomic mass is 9.83. The van der Waals surface area contributed by atoms with Crippen LogP contribution >= 0.6 is 11.3 Å². The molecule has 2 bridgehead atoms. The molecule has 2 aliphatic carbocycles. The Hall–Kier alpha value is -1.15. The fourth-order valence-electron chi connectivity index (χ4n) is 4.91. The number of nitrogens with one attached hydrogen (secondary N) is 2. The van der Waals surface area contributed by atoms with Gasteiger partial charge in [0.05, 0.1) is 16.6 Å². The highest BCUT2D eigenvalue weighted by Gasteiger charge is 2.66. The van der Waals surface area contributed by atoms with E-state index in [-0.39, 0.29) is 25.2 Å². The van der Waals surface area contributed by atoms with E-state index < -0.39 is 17.1 Å². The monoisotopic (exact) mass is 387 g/mol. The van der Waals surface area contributed by atoms with Gasteiger partial charge in [0.25, 0.3) is 5.91 Å². The summed E-state index contributed by atoms with van der Waals surface area (Å²) in [4.78, 5) is 17.5. The number of rotatable bonds is 4. The number of piperidine rings is 1. The third-order valence-corrected chi connectivity index (χ3v) is 7.54. The molecule has 144 valence electrons. The van der Waals surface area contributed by atoms with Gasteiger partial charge in [-0.15, -0.1) is 11.3 Å². The quantitative estimate of drug-likeness (QED) is 0.829. The summed E-state index contributed by atoms with van der Waals surface area (Å²) in [5.74, 6) is 0.327. The van der Waals surface area contributed by atoms with Crippen molar-refractivity contribution in [2.75, 3.05) is 13.1 Å². The largest absolute Gasteiger partial charge is 0.394 e. The molecule has 2 N–H and O–H groups in total. The maximum absolute atomic E-state index is 13.4. The number of thiazole rings is 1. The van der Waals surface area contributed by atoms with Gasteiger partial charge in [-0.2, -0.15) is 13.2 Å². The van der Waals surface area contributed by atoms with Gasteiger partial charge >= 0.3 is 6.18 Å². The van der Waals surface area contributed by atoms with Gasteiger partial charge in [0, 0.05) is 12.0 Å². The molecule has 26 heavy (non-hydrogen) atoms. The Morgan fingerprint density at radius 2 is 1.96 bits per heavy atom. The molecule has 2 saturated carbocycles. The molecule has 1 aliphatic heterocycles. The second-order valence-electron chi connectivity index (χ2n) is 8.21. The third kappa shape index (κ3) is 3.26. The summed E-state index contributed by atoms with van der Waals surface area (Å²) < 4.78 is 40.1. The molecule has 1 aromatic rings. The zero-order chi connectivity index (χ0) is 18.4. The average molecular weight is 387 g/mol. The average Bonchev–Trinajstić information content (AvgIpc) is 3.29. The van der Waals surface area contributed by atoms with Crippen molar-refractivity contribution in [1.82, 2.24) is 15.6 Å². The summed E-state index contributed by atoms with van der Waals surface area (Å²) in [5.41, 5.74) is -2.28. The van der Waals surface area contributed by atoms with Crippen LogP contribution in [0.4, 0.5) is 13.2 Å². The highest BCUT2D eigenvalue weighted by Crippen LogP contribution is 2.63. The SMILES string of the molecule is O=C(NC12CCC(C(F)(F)F)(CC1)C2)c1cnc(CC2CCNCC2)s1. The van der Waals surface area contributed by atoms with Gasteiger partial charge in [0.1, 0.15) is 4.88 Å². The Balaban J connectivity index is 1.39. The molecule has 0 unspecified atom stereocenters. The molecule has 4 rings (SSSR count). The summed E-state index contributed by atoms with van der Waals surface area (Å²) in [5, 5.41) is 7.21. The van der Waals surface area contributed by atoms with Gasteiger partial charge < -0.3 is 10.6 Å². The number of amides is 1. The minimum Gasteiger partial charge on any atom is -0.346 e. The number of halogens is 3. The lowest BCUT2D eigenvalue weighted by Crippen LogP contribution is -2.44. The van der Waals surface area contributed by atoms with Crippen LogP contribution in [-0.2, 0) is 6.42 Å². The molecular weight excluding hydrogens is 363 g/mol. The fraction of sp³-hybridized carbons (Fsp3) is 0.778. The molecule has 0 spiro atoms. The number of alkyl halides is 3. The second kappa shape index (κ2) is 6.48. The molecule has 0 atom stereocenters. The van der Waals surface area contributed by atoms with Crippen LogP contribution < -0.4 is 10.6 Å². The number of hydrogen-bond donors (Lipinski definition) is 2. The number of carbonyl (C=O) groups excluding carboxylic acids is 1. The van der Waals surface area contributed by atoms with Crippen molar-refractivity contribution in [2.45, 2.75) is 63.1 Å². The number of hydrogen-bond acceptors (Lipinski definition) is 4. The van der Waals surface area contributed by atoms with Crippen molar-refractivity contribution < 1.29 is 18.0 Å². The molecule has 1 aromatic heterocycles. The maximum atomic E-state index is 13.4. The van der Waals surface area contributed by atoms with Crippen LogP contribution in [0.15, 0.2) is 6.20 Å². The first kappa shape index (κ1) is 18.2. The molecule has 4 nitrogen and oxygen atoms in total. The van der Waals surface area contributed by atoms with Crippen LogP contribution in [-0.4, -0.2) is 35.7 Å². The normalized spacial score (nSPS) is 32.1. The summed E-state index contributed by atoms with van der Waals surface area (Å²) in [6.07, 6.45) is 1.61. The highest BCUT2D eigenvalue weighted by molar-refractivity contribution is 7.13. The molecule has 1 amide bonds. The van der Waals surface area contributed by atoms with E-state index in [9.17, 15) is 18.0 Å². The standard InChI is InChI=1S/C18H24F3N3OS/c19-18(20,21)16-3-5-17(11-16,6-4-16)24-15(25)13-10-23-14(26-13)9-12-1-7-22-8-2-12/h10,12,22H,1-9,11H2,(H,24,25). The zero-order valence-corrected chi connectivity index (χ0v) is 15.4. The Morgan fingerprint density at radius 3 is 2.58 bits per heavy atom. The smallest absolute Gasteiger partial charge is 0.346 e. The fourth-order valence-corrected chi connectivity index (χ4v) is 5.83. The molecule has 1 saturated heterocycles. The van der Waals surface area contributed by atoms with E-state index in [0.29, 0.717) is 23.6 Å². The number of fused-ring (bicyclic) bond motifs is 2. The Kier molecular flexibility index (Phi) is 4.54. The summed E-state index contributed by atoms with van der Waals surface area (Å²) >= 11 is 1.38. The first-order chi connectivity index (χ1) is 12.3. The molecular formula is C18H24F3N3OS. The first-order valence-corrected chi connectivity index (χ1v) is 10.2. The number of nitrogens with zero attached hydrogens (tertiary/aromatic N) is 1. The van der Waals surface area contributed by atoms with E-state index in [1.807, 2.05) is 0 Å². The topological polar surface area (TPSA) is 54.0 Å². The van der Waals surface area contributed by atoms with Crippen LogP contribution in [0.1, 0.15) is 59.6 Å². The van der Waals surface area contributed by atoms with E-state index in [4.69, 9.17) is 0 Å². The van der Waals surface area contributed by atoms with E-state index >= 15 is 0 Å². The predicted molar refractivity (Wildman–Crippen MR) is 93.2 cm³/mol. The first-order valence-electron chi connectivity index (χ1n) is 9.36. The molecule has 8 heteroatoms. The summed E-state index contributed by atoms with van der Waals surface area (Å²) in [6, 6.07) is 0. The van der Waals surface area contributed by atoms with Crippen LogP contribution in [0.25, 0.3) is 0 Å². The van der Waals surface area contributed by atoms with Gasteiger partial charge in [-0.25, -0.2) is 4.98 Å². The summed E-state index contributed by atoms with van der Waals surface area (Å²) in [6.45, 7) is 2.04. The Bertz CT molecular complexity index is 673. The van der Waals surface area contributed by atoms with Crippen molar-refractivity contribution in [3.8, 4) is 0 Å². The van der Waals surface area contributed by atoms with E-state index in [1.165, 1.54) is 11.3 Å². The minimum atomic E-state index is -4.18. The van der Waals surface area contributed by atoms with Gasteiger partial charge in [0.2, 0.25) is 0 Å². The molecule has 3 aliphatic rings. The maximum Gasteiger partial charge on any atom is 0.394 e. The number of aromatic nitrogens is 1. The van der Waals surface area contributed by atoms with Crippen molar-refractivity contribution in [1.29, 1.82) is 0 Å². The molecule has 3 fully saturated rings. The van der Waals surface area contributed by atoms with Crippen molar-refractivity contribution in [2.24, 2.45) is 11.3 Å². The van der Waals surface area contributed by atoms with E-state index in [0.717, 1.165) is 37.4 Å². The predicted octanol–water partition coefficient (Wildman–Crippen LogP) is 3.68. The van der Waals surface area contributed by atoms with Gasteiger partial charge in [-0.1, -0.05) is 0 Å².